The normalized spacial score (nSPS) is 19.1. The number of thiazole rings is 1. The fourth-order valence-electron chi connectivity index (χ4n) is 2.60. The molecule has 0 aliphatic carbocycles. The first-order valence-electron chi connectivity index (χ1n) is 7.11. The van der Waals surface area contributed by atoms with Gasteiger partial charge in [0.15, 0.2) is 0 Å². The maximum absolute atomic E-state index is 4.80. The SMILES string of the molecule is CC1(C)CNCCN1Cc1csc(-c2ccccc2)n1. The molecule has 1 fully saturated rings. The molecule has 0 spiro atoms. The van der Waals surface area contributed by atoms with E-state index in [9.17, 15) is 0 Å². The topological polar surface area (TPSA) is 28.2 Å². The van der Waals surface area contributed by atoms with Crippen LogP contribution in [-0.2, 0) is 6.54 Å². The molecule has 2 heterocycles. The van der Waals surface area contributed by atoms with Crippen LogP contribution in [0.4, 0.5) is 0 Å². The van der Waals surface area contributed by atoms with Gasteiger partial charge in [0.2, 0.25) is 0 Å². The van der Waals surface area contributed by atoms with Gasteiger partial charge in [0.1, 0.15) is 5.01 Å². The van der Waals surface area contributed by atoms with Gasteiger partial charge < -0.3 is 5.32 Å². The zero-order valence-corrected chi connectivity index (χ0v) is 12.9. The van der Waals surface area contributed by atoms with Crippen molar-refractivity contribution in [3.05, 3.63) is 41.4 Å². The summed E-state index contributed by atoms with van der Waals surface area (Å²) in [5, 5.41) is 6.78. The molecule has 20 heavy (non-hydrogen) atoms. The molecule has 0 atom stereocenters. The van der Waals surface area contributed by atoms with E-state index in [-0.39, 0.29) is 5.54 Å². The number of piperazine rings is 1. The van der Waals surface area contributed by atoms with E-state index < -0.39 is 0 Å². The van der Waals surface area contributed by atoms with Crippen molar-refractivity contribution in [1.29, 1.82) is 0 Å². The fourth-order valence-corrected chi connectivity index (χ4v) is 3.42. The van der Waals surface area contributed by atoms with Crippen LogP contribution < -0.4 is 5.32 Å². The average Bonchev–Trinajstić information content (AvgIpc) is 2.91. The number of nitrogens with one attached hydrogen (secondary N) is 1. The lowest BCUT2D eigenvalue weighted by molar-refractivity contribution is 0.0816. The molecule has 1 saturated heterocycles. The highest BCUT2D eigenvalue weighted by molar-refractivity contribution is 7.13. The Morgan fingerprint density at radius 1 is 1.30 bits per heavy atom. The number of rotatable bonds is 3. The van der Waals surface area contributed by atoms with Crippen molar-refractivity contribution in [3.63, 3.8) is 0 Å². The van der Waals surface area contributed by atoms with E-state index in [2.05, 4.69) is 53.7 Å². The van der Waals surface area contributed by atoms with Crippen LogP contribution in [0.3, 0.4) is 0 Å². The lowest BCUT2D eigenvalue weighted by atomic mass is 10.00. The van der Waals surface area contributed by atoms with E-state index in [1.54, 1.807) is 11.3 Å². The monoisotopic (exact) mass is 287 g/mol. The lowest BCUT2D eigenvalue weighted by Crippen LogP contribution is -2.57. The van der Waals surface area contributed by atoms with Crippen molar-refractivity contribution in [2.75, 3.05) is 19.6 Å². The number of hydrogen-bond acceptors (Lipinski definition) is 4. The Morgan fingerprint density at radius 2 is 2.10 bits per heavy atom. The van der Waals surface area contributed by atoms with Gasteiger partial charge in [0.05, 0.1) is 5.69 Å². The third kappa shape index (κ3) is 2.92. The van der Waals surface area contributed by atoms with Crippen molar-refractivity contribution in [3.8, 4) is 10.6 Å². The van der Waals surface area contributed by atoms with Crippen LogP contribution in [0.1, 0.15) is 19.5 Å². The van der Waals surface area contributed by atoms with Crippen molar-refractivity contribution in [1.82, 2.24) is 15.2 Å². The number of aromatic nitrogens is 1. The first-order valence-corrected chi connectivity index (χ1v) is 7.99. The summed E-state index contributed by atoms with van der Waals surface area (Å²) in [7, 11) is 0. The van der Waals surface area contributed by atoms with Crippen LogP contribution in [0.25, 0.3) is 10.6 Å². The first-order chi connectivity index (χ1) is 9.65. The molecule has 0 unspecified atom stereocenters. The third-order valence-electron chi connectivity index (χ3n) is 3.90. The molecule has 1 N–H and O–H groups in total. The summed E-state index contributed by atoms with van der Waals surface area (Å²) in [4.78, 5) is 7.32. The van der Waals surface area contributed by atoms with Gasteiger partial charge in [-0.25, -0.2) is 4.98 Å². The second-order valence-electron chi connectivity index (χ2n) is 5.92. The van der Waals surface area contributed by atoms with Gasteiger partial charge in [-0.15, -0.1) is 11.3 Å². The third-order valence-corrected chi connectivity index (χ3v) is 4.84. The maximum Gasteiger partial charge on any atom is 0.123 e. The molecule has 1 aromatic carbocycles. The summed E-state index contributed by atoms with van der Waals surface area (Å²) >= 11 is 1.74. The molecule has 0 amide bonds. The second kappa shape index (κ2) is 5.64. The van der Waals surface area contributed by atoms with Gasteiger partial charge in [0, 0.05) is 42.7 Å². The summed E-state index contributed by atoms with van der Waals surface area (Å²) in [6.07, 6.45) is 0. The molecule has 0 bridgehead atoms. The Balaban J connectivity index is 1.74. The quantitative estimate of drug-likeness (QED) is 0.940. The Morgan fingerprint density at radius 3 is 2.85 bits per heavy atom. The van der Waals surface area contributed by atoms with E-state index >= 15 is 0 Å². The molecule has 4 heteroatoms. The van der Waals surface area contributed by atoms with E-state index in [0.29, 0.717) is 0 Å². The highest BCUT2D eigenvalue weighted by atomic mass is 32.1. The number of hydrogen-bond donors (Lipinski definition) is 1. The number of nitrogens with zero attached hydrogens (tertiary/aromatic N) is 2. The zero-order chi connectivity index (χ0) is 14.0. The largest absolute Gasteiger partial charge is 0.314 e. The molecular weight excluding hydrogens is 266 g/mol. The van der Waals surface area contributed by atoms with Crippen molar-refractivity contribution < 1.29 is 0 Å². The Hall–Kier alpha value is -1.23. The maximum atomic E-state index is 4.80. The Bertz CT molecular complexity index is 562. The first kappa shape index (κ1) is 13.7. The van der Waals surface area contributed by atoms with Crippen LogP contribution >= 0.6 is 11.3 Å². The minimum atomic E-state index is 0.203. The van der Waals surface area contributed by atoms with Crippen molar-refractivity contribution in [2.45, 2.75) is 25.9 Å². The van der Waals surface area contributed by atoms with Crippen LogP contribution in [0.2, 0.25) is 0 Å². The molecule has 3 nitrogen and oxygen atoms in total. The van der Waals surface area contributed by atoms with Crippen LogP contribution in [0.5, 0.6) is 0 Å². The summed E-state index contributed by atoms with van der Waals surface area (Å²) in [6, 6.07) is 10.4. The molecule has 1 aromatic heterocycles. The van der Waals surface area contributed by atoms with Crippen LogP contribution in [0, 0.1) is 0 Å². The summed E-state index contributed by atoms with van der Waals surface area (Å²) < 4.78 is 0. The van der Waals surface area contributed by atoms with Crippen molar-refractivity contribution in [2.24, 2.45) is 0 Å². The lowest BCUT2D eigenvalue weighted by Gasteiger charge is -2.42. The van der Waals surface area contributed by atoms with Gasteiger partial charge in [-0.2, -0.15) is 0 Å². The molecular formula is C16H21N3S. The molecule has 0 radical (unpaired) electrons. The van der Waals surface area contributed by atoms with E-state index in [0.717, 1.165) is 31.2 Å². The minimum Gasteiger partial charge on any atom is -0.314 e. The van der Waals surface area contributed by atoms with Crippen LogP contribution in [0.15, 0.2) is 35.7 Å². The van der Waals surface area contributed by atoms with Gasteiger partial charge in [-0.1, -0.05) is 30.3 Å². The minimum absolute atomic E-state index is 0.203. The molecule has 1 aliphatic heterocycles. The van der Waals surface area contributed by atoms with Crippen LogP contribution in [-0.4, -0.2) is 35.1 Å². The Labute approximate surface area is 124 Å². The van der Waals surface area contributed by atoms with E-state index in [1.165, 1.54) is 11.3 Å². The Kier molecular flexibility index (Phi) is 3.87. The van der Waals surface area contributed by atoms with Gasteiger partial charge >= 0.3 is 0 Å². The highest BCUT2D eigenvalue weighted by Crippen LogP contribution is 2.25. The zero-order valence-electron chi connectivity index (χ0n) is 12.1. The molecule has 106 valence electrons. The summed E-state index contributed by atoms with van der Waals surface area (Å²) in [6.45, 7) is 8.73. The predicted octanol–water partition coefficient (Wildman–Crippen LogP) is 2.99. The molecule has 0 saturated carbocycles. The van der Waals surface area contributed by atoms with E-state index in [1.807, 2.05) is 6.07 Å². The van der Waals surface area contributed by atoms with Gasteiger partial charge in [-0.05, 0) is 13.8 Å². The summed E-state index contributed by atoms with van der Waals surface area (Å²) in [5.41, 5.74) is 2.60. The molecule has 2 aromatic rings. The second-order valence-corrected chi connectivity index (χ2v) is 6.78. The smallest absolute Gasteiger partial charge is 0.123 e. The number of benzene rings is 1. The average molecular weight is 287 g/mol. The molecule has 1 aliphatic rings. The van der Waals surface area contributed by atoms with Crippen molar-refractivity contribution >= 4 is 11.3 Å². The molecule has 3 rings (SSSR count). The van der Waals surface area contributed by atoms with Gasteiger partial charge in [0.25, 0.3) is 0 Å². The fraction of sp³-hybridized carbons (Fsp3) is 0.438. The summed E-state index contributed by atoms with van der Waals surface area (Å²) in [5.74, 6) is 0. The highest BCUT2D eigenvalue weighted by Gasteiger charge is 2.29. The van der Waals surface area contributed by atoms with Gasteiger partial charge in [-0.3, -0.25) is 4.90 Å². The predicted molar refractivity (Wildman–Crippen MR) is 84.9 cm³/mol. The standard InChI is InChI=1S/C16H21N3S/c1-16(2)12-17-8-9-19(16)10-14-11-20-15(18-14)13-6-4-3-5-7-13/h3-7,11,17H,8-10,12H2,1-2H3. The van der Waals surface area contributed by atoms with E-state index in [4.69, 9.17) is 4.98 Å².